The summed E-state index contributed by atoms with van der Waals surface area (Å²) in [5.74, 6) is 1.36. The molecule has 25 heavy (non-hydrogen) atoms. The van der Waals surface area contributed by atoms with E-state index in [0.717, 1.165) is 5.56 Å². The van der Waals surface area contributed by atoms with Crippen LogP contribution in [0.1, 0.15) is 24.4 Å². The van der Waals surface area contributed by atoms with Crippen LogP contribution >= 0.6 is 0 Å². The Bertz CT molecular complexity index is 931. The summed E-state index contributed by atoms with van der Waals surface area (Å²) >= 11 is 0. The average molecular weight is 361 g/mol. The summed E-state index contributed by atoms with van der Waals surface area (Å²) < 4.78 is 33.9. The first-order chi connectivity index (χ1) is 11.8. The lowest BCUT2D eigenvalue weighted by Crippen LogP contribution is -2.22. The number of furan rings is 1. The zero-order valence-electron chi connectivity index (χ0n) is 14.2. The maximum absolute atomic E-state index is 11.5. The molecule has 0 fully saturated rings. The second kappa shape index (κ2) is 6.81. The van der Waals surface area contributed by atoms with E-state index >= 15 is 0 Å². The van der Waals surface area contributed by atoms with Gasteiger partial charge in [0.15, 0.2) is 15.6 Å². The number of rotatable bonds is 6. The summed E-state index contributed by atoms with van der Waals surface area (Å²) in [6.07, 6.45) is 2.75. The number of nitrogens with zero attached hydrogens (tertiary/aromatic N) is 3. The maximum Gasteiger partial charge on any atom is 0.283 e. The van der Waals surface area contributed by atoms with Crippen molar-refractivity contribution in [2.75, 3.05) is 13.3 Å². The van der Waals surface area contributed by atoms with Gasteiger partial charge < -0.3 is 8.83 Å². The molecule has 0 aliphatic carbocycles. The molecule has 132 valence electrons. The molecule has 0 amide bonds. The fraction of sp³-hybridized carbons (Fsp3) is 0.294. The quantitative estimate of drug-likeness (QED) is 0.667. The predicted octanol–water partition coefficient (Wildman–Crippen LogP) is 2.93. The summed E-state index contributed by atoms with van der Waals surface area (Å²) in [5.41, 5.74) is 1.00. The van der Waals surface area contributed by atoms with Gasteiger partial charge in [0.05, 0.1) is 17.7 Å². The standard InChI is InChI=1S/C17H19N3O4S/c1-12(13-6-8-14(9-7-13)25(3,21)22)20(2)11-16-18-19-17(24-16)15-5-4-10-23-15/h4-10,12H,11H2,1-3H3. The lowest BCUT2D eigenvalue weighted by Gasteiger charge is -2.23. The Kier molecular flexibility index (Phi) is 4.73. The molecule has 3 rings (SSSR count). The number of benzene rings is 1. The van der Waals surface area contributed by atoms with Crippen LogP contribution < -0.4 is 0 Å². The van der Waals surface area contributed by atoms with Gasteiger partial charge in [-0.25, -0.2) is 8.42 Å². The normalized spacial score (nSPS) is 13.3. The van der Waals surface area contributed by atoms with Crippen molar-refractivity contribution < 1.29 is 17.3 Å². The Labute approximate surface area is 146 Å². The predicted molar refractivity (Wildman–Crippen MR) is 91.4 cm³/mol. The highest BCUT2D eigenvalue weighted by atomic mass is 32.2. The van der Waals surface area contributed by atoms with Crippen LogP contribution in [0.15, 0.2) is 56.4 Å². The first-order valence-corrected chi connectivity index (χ1v) is 9.60. The first kappa shape index (κ1) is 17.4. The molecule has 0 spiro atoms. The van der Waals surface area contributed by atoms with Gasteiger partial charge in [-0.3, -0.25) is 4.90 Å². The highest BCUT2D eigenvalue weighted by Gasteiger charge is 2.17. The van der Waals surface area contributed by atoms with Gasteiger partial charge in [-0.15, -0.1) is 10.2 Å². The molecule has 1 unspecified atom stereocenters. The highest BCUT2D eigenvalue weighted by molar-refractivity contribution is 7.90. The van der Waals surface area contributed by atoms with Crippen molar-refractivity contribution in [3.8, 4) is 11.7 Å². The van der Waals surface area contributed by atoms with Crippen LogP contribution in [0.4, 0.5) is 0 Å². The fourth-order valence-electron chi connectivity index (χ4n) is 2.42. The molecule has 2 aromatic heterocycles. The molecule has 0 radical (unpaired) electrons. The van der Waals surface area contributed by atoms with Gasteiger partial charge in [0.2, 0.25) is 5.89 Å². The van der Waals surface area contributed by atoms with E-state index in [4.69, 9.17) is 8.83 Å². The molecule has 0 aliphatic rings. The van der Waals surface area contributed by atoms with Crippen molar-refractivity contribution in [1.29, 1.82) is 0 Å². The van der Waals surface area contributed by atoms with Crippen LogP contribution in [0.2, 0.25) is 0 Å². The van der Waals surface area contributed by atoms with Crippen molar-refractivity contribution in [2.45, 2.75) is 24.4 Å². The van der Waals surface area contributed by atoms with Gasteiger partial charge in [0, 0.05) is 12.3 Å². The van der Waals surface area contributed by atoms with Gasteiger partial charge in [0.1, 0.15) is 0 Å². The number of hydrogen-bond acceptors (Lipinski definition) is 7. The van der Waals surface area contributed by atoms with Crippen molar-refractivity contribution in [2.24, 2.45) is 0 Å². The molecule has 2 heterocycles. The molecule has 3 aromatic rings. The van der Waals surface area contributed by atoms with E-state index in [1.54, 1.807) is 30.5 Å². The largest absolute Gasteiger partial charge is 0.459 e. The third-order valence-electron chi connectivity index (χ3n) is 4.04. The number of sulfone groups is 1. The van der Waals surface area contributed by atoms with Crippen LogP contribution in [-0.4, -0.2) is 36.8 Å². The molecule has 7 nitrogen and oxygen atoms in total. The molecule has 1 aromatic carbocycles. The minimum Gasteiger partial charge on any atom is -0.459 e. The number of hydrogen-bond donors (Lipinski definition) is 0. The van der Waals surface area contributed by atoms with Crippen molar-refractivity contribution in [3.05, 3.63) is 54.1 Å². The SMILES string of the molecule is CC(c1ccc(S(C)(=O)=O)cc1)N(C)Cc1nnc(-c2ccco2)o1. The molecule has 0 bridgehead atoms. The van der Waals surface area contributed by atoms with E-state index in [1.165, 1.54) is 6.26 Å². The van der Waals surface area contributed by atoms with Gasteiger partial charge >= 0.3 is 0 Å². The lowest BCUT2D eigenvalue weighted by atomic mass is 10.1. The lowest BCUT2D eigenvalue weighted by molar-refractivity contribution is 0.228. The Morgan fingerprint density at radius 3 is 2.48 bits per heavy atom. The van der Waals surface area contributed by atoms with Crippen LogP contribution in [-0.2, 0) is 16.4 Å². The molecular formula is C17H19N3O4S. The third kappa shape index (κ3) is 3.97. The number of aromatic nitrogens is 2. The molecule has 0 aliphatic heterocycles. The van der Waals surface area contributed by atoms with E-state index in [1.807, 2.05) is 31.0 Å². The van der Waals surface area contributed by atoms with Crippen LogP contribution in [0.5, 0.6) is 0 Å². The second-order valence-corrected chi connectivity index (χ2v) is 7.93. The zero-order valence-corrected chi connectivity index (χ0v) is 15.0. The minimum atomic E-state index is -3.19. The summed E-state index contributed by atoms with van der Waals surface area (Å²) in [4.78, 5) is 2.35. The van der Waals surface area contributed by atoms with Gasteiger partial charge in [-0.2, -0.15) is 0 Å². The minimum absolute atomic E-state index is 0.0487. The van der Waals surface area contributed by atoms with E-state index in [9.17, 15) is 8.42 Å². The Hall–Kier alpha value is -2.45. The van der Waals surface area contributed by atoms with Gasteiger partial charge in [-0.05, 0) is 43.8 Å². The van der Waals surface area contributed by atoms with Gasteiger partial charge in [-0.1, -0.05) is 12.1 Å². The van der Waals surface area contributed by atoms with Crippen LogP contribution in [0, 0.1) is 0 Å². The third-order valence-corrected chi connectivity index (χ3v) is 5.16. The molecule has 1 atom stereocenters. The maximum atomic E-state index is 11.5. The van der Waals surface area contributed by atoms with E-state index < -0.39 is 9.84 Å². The van der Waals surface area contributed by atoms with E-state index in [2.05, 4.69) is 10.2 Å². The topological polar surface area (TPSA) is 89.4 Å². The molecule has 0 saturated carbocycles. The highest BCUT2D eigenvalue weighted by Crippen LogP contribution is 2.23. The Morgan fingerprint density at radius 1 is 1.16 bits per heavy atom. The molecule has 0 N–H and O–H groups in total. The van der Waals surface area contributed by atoms with Crippen LogP contribution in [0.3, 0.4) is 0 Å². The van der Waals surface area contributed by atoms with Gasteiger partial charge in [0.25, 0.3) is 5.89 Å². The second-order valence-electron chi connectivity index (χ2n) is 5.91. The molecule has 0 saturated heterocycles. The molecule has 8 heteroatoms. The summed E-state index contributed by atoms with van der Waals surface area (Å²) in [6.45, 7) is 2.49. The summed E-state index contributed by atoms with van der Waals surface area (Å²) in [7, 11) is -1.25. The Balaban J connectivity index is 1.69. The van der Waals surface area contributed by atoms with E-state index in [0.29, 0.717) is 29.0 Å². The Morgan fingerprint density at radius 2 is 1.88 bits per heavy atom. The molecular weight excluding hydrogens is 342 g/mol. The zero-order chi connectivity index (χ0) is 18.0. The fourth-order valence-corrected chi connectivity index (χ4v) is 3.05. The van der Waals surface area contributed by atoms with Crippen molar-refractivity contribution >= 4 is 9.84 Å². The smallest absolute Gasteiger partial charge is 0.283 e. The van der Waals surface area contributed by atoms with Crippen molar-refractivity contribution in [1.82, 2.24) is 15.1 Å². The average Bonchev–Trinajstić information content (AvgIpc) is 3.24. The first-order valence-electron chi connectivity index (χ1n) is 7.71. The summed E-state index contributed by atoms with van der Waals surface area (Å²) in [6, 6.07) is 10.4. The monoisotopic (exact) mass is 361 g/mol. The summed E-state index contributed by atoms with van der Waals surface area (Å²) in [5, 5.41) is 8.02. The van der Waals surface area contributed by atoms with Crippen molar-refractivity contribution in [3.63, 3.8) is 0 Å². The van der Waals surface area contributed by atoms with E-state index in [-0.39, 0.29) is 6.04 Å². The van der Waals surface area contributed by atoms with Crippen LogP contribution in [0.25, 0.3) is 11.7 Å².